The Balaban J connectivity index is 1.46. The van der Waals surface area contributed by atoms with E-state index in [1.54, 1.807) is 13.8 Å². The SMILES string of the molecule is CCn1c2ccccc2c2cc(NC(=O)[C@@H]3CCCN3S(=O)(=O)c3c(C)noc3C)ccc21. The lowest BCUT2D eigenvalue weighted by Crippen LogP contribution is -2.43. The summed E-state index contributed by atoms with van der Waals surface area (Å²) in [5, 5.41) is 8.89. The molecule has 2 aromatic carbocycles. The first-order valence-corrected chi connectivity index (χ1v) is 12.5. The first kappa shape index (κ1) is 21.7. The van der Waals surface area contributed by atoms with Crippen LogP contribution in [0.4, 0.5) is 5.69 Å². The van der Waals surface area contributed by atoms with Gasteiger partial charge >= 0.3 is 0 Å². The van der Waals surface area contributed by atoms with Crippen LogP contribution in [0.1, 0.15) is 31.2 Å². The third-order valence-electron chi connectivity index (χ3n) is 6.40. The van der Waals surface area contributed by atoms with Crippen molar-refractivity contribution in [1.29, 1.82) is 0 Å². The van der Waals surface area contributed by atoms with E-state index in [0.29, 0.717) is 24.2 Å². The van der Waals surface area contributed by atoms with Gasteiger partial charge in [0.1, 0.15) is 16.6 Å². The summed E-state index contributed by atoms with van der Waals surface area (Å²) in [6.45, 7) is 6.39. The summed E-state index contributed by atoms with van der Waals surface area (Å²) in [6.07, 6.45) is 1.08. The molecule has 33 heavy (non-hydrogen) atoms. The Morgan fingerprint density at radius 1 is 1.15 bits per heavy atom. The molecule has 1 amide bonds. The van der Waals surface area contributed by atoms with Crippen molar-refractivity contribution in [2.45, 2.75) is 51.1 Å². The van der Waals surface area contributed by atoms with Crippen LogP contribution in [0.2, 0.25) is 0 Å². The van der Waals surface area contributed by atoms with Crippen LogP contribution in [0.3, 0.4) is 0 Å². The van der Waals surface area contributed by atoms with Gasteiger partial charge in [0.2, 0.25) is 15.9 Å². The Bertz CT molecular complexity index is 1470. The zero-order valence-corrected chi connectivity index (χ0v) is 19.6. The molecule has 4 aromatic rings. The Morgan fingerprint density at radius 3 is 2.64 bits per heavy atom. The highest BCUT2D eigenvalue weighted by molar-refractivity contribution is 7.89. The average Bonchev–Trinajstić information content (AvgIpc) is 3.50. The van der Waals surface area contributed by atoms with Gasteiger partial charge in [0.15, 0.2) is 5.76 Å². The van der Waals surface area contributed by atoms with E-state index in [9.17, 15) is 13.2 Å². The van der Waals surface area contributed by atoms with Crippen LogP contribution in [0, 0.1) is 13.8 Å². The number of hydrogen-bond donors (Lipinski definition) is 1. The molecule has 0 aliphatic carbocycles. The molecule has 1 N–H and O–H groups in total. The molecule has 1 aliphatic heterocycles. The molecule has 0 bridgehead atoms. The molecule has 1 saturated heterocycles. The summed E-state index contributed by atoms with van der Waals surface area (Å²) in [7, 11) is -3.89. The number of carbonyl (C=O) groups excluding carboxylic acids is 1. The number of hydrogen-bond acceptors (Lipinski definition) is 5. The van der Waals surface area contributed by atoms with Gasteiger partial charge in [-0.25, -0.2) is 8.42 Å². The molecule has 172 valence electrons. The Labute approximate surface area is 192 Å². The van der Waals surface area contributed by atoms with Gasteiger partial charge < -0.3 is 14.4 Å². The minimum atomic E-state index is -3.89. The number of amides is 1. The normalized spacial score (nSPS) is 17.2. The second kappa shape index (κ2) is 8.00. The van der Waals surface area contributed by atoms with Crippen molar-refractivity contribution < 1.29 is 17.7 Å². The zero-order valence-electron chi connectivity index (χ0n) is 18.8. The van der Waals surface area contributed by atoms with Gasteiger partial charge in [0.05, 0.1) is 0 Å². The summed E-state index contributed by atoms with van der Waals surface area (Å²) < 4.78 is 35.2. The number of anilines is 1. The number of rotatable bonds is 5. The molecule has 3 heterocycles. The van der Waals surface area contributed by atoms with E-state index in [0.717, 1.165) is 28.4 Å². The van der Waals surface area contributed by atoms with Crippen LogP contribution in [0.15, 0.2) is 51.9 Å². The van der Waals surface area contributed by atoms with E-state index < -0.39 is 16.1 Å². The van der Waals surface area contributed by atoms with E-state index in [1.807, 2.05) is 30.3 Å². The van der Waals surface area contributed by atoms with Crippen molar-refractivity contribution in [2.24, 2.45) is 0 Å². The highest BCUT2D eigenvalue weighted by Gasteiger charge is 2.41. The van der Waals surface area contributed by atoms with Crippen LogP contribution in [-0.4, -0.2) is 40.9 Å². The lowest BCUT2D eigenvalue weighted by Gasteiger charge is -2.23. The number of aryl methyl sites for hydroxylation is 3. The lowest BCUT2D eigenvalue weighted by molar-refractivity contribution is -0.119. The Hall–Kier alpha value is -3.17. The summed E-state index contributed by atoms with van der Waals surface area (Å²) in [5.41, 5.74) is 3.19. The molecule has 8 nitrogen and oxygen atoms in total. The smallest absolute Gasteiger partial charge is 0.249 e. The minimum Gasteiger partial charge on any atom is -0.360 e. The number of sulfonamides is 1. The van der Waals surface area contributed by atoms with Crippen LogP contribution in [0.25, 0.3) is 21.8 Å². The van der Waals surface area contributed by atoms with Gasteiger partial charge in [-0.05, 0) is 57.9 Å². The maximum Gasteiger partial charge on any atom is 0.249 e. The van der Waals surface area contributed by atoms with Crippen molar-refractivity contribution >= 4 is 43.4 Å². The van der Waals surface area contributed by atoms with Crippen LogP contribution < -0.4 is 5.32 Å². The summed E-state index contributed by atoms with van der Waals surface area (Å²) >= 11 is 0. The number of benzene rings is 2. The maximum atomic E-state index is 13.3. The predicted molar refractivity (Wildman–Crippen MR) is 127 cm³/mol. The van der Waals surface area contributed by atoms with Crippen molar-refractivity contribution in [3.05, 3.63) is 53.9 Å². The molecule has 9 heteroatoms. The predicted octanol–water partition coefficient (Wildman–Crippen LogP) is 4.21. The molecule has 0 radical (unpaired) electrons. The van der Waals surface area contributed by atoms with Gasteiger partial charge in [-0.3, -0.25) is 4.79 Å². The largest absolute Gasteiger partial charge is 0.360 e. The van der Waals surface area contributed by atoms with Crippen LogP contribution in [0.5, 0.6) is 0 Å². The van der Waals surface area contributed by atoms with Crippen LogP contribution in [-0.2, 0) is 21.4 Å². The number of para-hydroxylation sites is 1. The number of carbonyl (C=O) groups is 1. The number of nitrogens with zero attached hydrogens (tertiary/aromatic N) is 3. The van der Waals surface area contributed by atoms with Crippen molar-refractivity contribution in [3.63, 3.8) is 0 Å². The third kappa shape index (κ3) is 3.43. The fourth-order valence-electron chi connectivity index (χ4n) is 4.95. The minimum absolute atomic E-state index is 0.0518. The van der Waals surface area contributed by atoms with Crippen LogP contribution >= 0.6 is 0 Å². The van der Waals surface area contributed by atoms with Crippen molar-refractivity contribution in [2.75, 3.05) is 11.9 Å². The molecule has 2 aromatic heterocycles. The highest BCUT2D eigenvalue weighted by atomic mass is 32.2. The first-order valence-electron chi connectivity index (χ1n) is 11.1. The molecule has 0 spiro atoms. The summed E-state index contributed by atoms with van der Waals surface area (Å²) in [6, 6.07) is 13.2. The van der Waals surface area contributed by atoms with Gasteiger partial charge in [-0.1, -0.05) is 23.4 Å². The topological polar surface area (TPSA) is 97.4 Å². The van der Waals surface area contributed by atoms with Crippen molar-refractivity contribution in [3.8, 4) is 0 Å². The summed E-state index contributed by atoms with van der Waals surface area (Å²) in [5.74, 6) is -0.0993. The van der Waals surface area contributed by atoms with Gasteiger partial charge in [0.25, 0.3) is 0 Å². The fraction of sp³-hybridized carbons (Fsp3) is 0.333. The molecule has 5 rings (SSSR count). The lowest BCUT2D eigenvalue weighted by atomic mass is 10.1. The van der Waals surface area contributed by atoms with E-state index in [1.165, 1.54) is 4.31 Å². The molecule has 1 atom stereocenters. The second-order valence-electron chi connectivity index (χ2n) is 8.41. The number of nitrogens with one attached hydrogen (secondary N) is 1. The van der Waals surface area contributed by atoms with Gasteiger partial charge in [-0.2, -0.15) is 4.31 Å². The maximum absolute atomic E-state index is 13.3. The van der Waals surface area contributed by atoms with E-state index in [-0.39, 0.29) is 23.1 Å². The first-order chi connectivity index (χ1) is 15.8. The Kier molecular flexibility index (Phi) is 5.25. The van der Waals surface area contributed by atoms with E-state index >= 15 is 0 Å². The number of fused-ring (bicyclic) bond motifs is 3. The molecule has 0 saturated carbocycles. The zero-order chi connectivity index (χ0) is 23.3. The van der Waals surface area contributed by atoms with Gasteiger partial charge in [0, 0.05) is 40.6 Å². The second-order valence-corrected chi connectivity index (χ2v) is 10.2. The third-order valence-corrected chi connectivity index (χ3v) is 8.55. The molecule has 1 aliphatic rings. The molecular weight excluding hydrogens is 440 g/mol. The average molecular weight is 467 g/mol. The number of aromatic nitrogens is 2. The van der Waals surface area contributed by atoms with E-state index in [4.69, 9.17) is 4.52 Å². The fourth-order valence-corrected chi connectivity index (χ4v) is 6.90. The molecule has 0 unspecified atom stereocenters. The van der Waals surface area contributed by atoms with Gasteiger partial charge in [-0.15, -0.1) is 0 Å². The summed E-state index contributed by atoms with van der Waals surface area (Å²) in [4.78, 5) is 13.3. The van der Waals surface area contributed by atoms with E-state index in [2.05, 4.69) is 34.1 Å². The van der Waals surface area contributed by atoms with Crippen molar-refractivity contribution in [1.82, 2.24) is 14.0 Å². The quantitative estimate of drug-likeness (QED) is 0.475. The Morgan fingerprint density at radius 2 is 1.91 bits per heavy atom. The molecule has 1 fully saturated rings. The monoisotopic (exact) mass is 466 g/mol. The molecular formula is C24H26N4O4S. The standard InChI is InChI=1S/C24H26N4O4S/c1-4-27-20-9-6-5-8-18(20)19-14-17(11-12-21(19)27)25-24(29)22-10-7-13-28(22)33(30,31)23-15(2)26-32-16(23)3/h5-6,8-9,11-12,14,22H,4,7,10,13H2,1-3H3,(H,25,29)/t22-/m0/s1. The highest BCUT2D eigenvalue weighted by Crippen LogP contribution is 2.33.